The summed E-state index contributed by atoms with van der Waals surface area (Å²) in [5.74, 6) is 0.684. The molecule has 2 aromatic heterocycles. The topological polar surface area (TPSA) is 64.0 Å². The third kappa shape index (κ3) is 5.16. The Morgan fingerprint density at radius 2 is 2.13 bits per heavy atom. The van der Waals surface area contributed by atoms with Crippen LogP contribution in [0.15, 0.2) is 22.6 Å². The second-order valence-corrected chi connectivity index (χ2v) is 7.32. The molecule has 2 aromatic rings. The van der Waals surface area contributed by atoms with Crippen LogP contribution in [0.4, 0.5) is 0 Å². The Labute approximate surface area is 140 Å². The third-order valence-electron chi connectivity index (χ3n) is 3.86. The van der Waals surface area contributed by atoms with Crippen molar-refractivity contribution in [2.45, 2.75) is 59.0 Å². The fraction of sp³-hybridized carbons (Fsp3) is 0.588. The van der Waals surface area contributed by atoms with Crippen molar-refractivity contribution in [3.8, 4) is 0 Å². The van der Waals surface area contributed by atoms with E-state index in [4.69, 9.17) is 0 Å². The monoisotopic (exact) mass is 335 g/mol. The second kappa shape index (κ2) is 8.24. The van der Waals surface area contributed by atoms with Crippen molar-refractivity contribution >= 4 is 27.5 Å². The van der Waals surface area contributed by atoms with Gasteiger partial charge >= 0.3 is 0 Å². The first-order valence-electron chi connectivity index (χ1n) is 8.19. The molecule has 1 N–H and O–H groups in total. The largest absolute Gasteiger partial charge is 0.354 e. The van der Waals surface area contributed by atoms with Crippen LogP contribution in [-0.2, 0) is 11.3 Å². The summed E-state index contributed by atoms with van der Waals surface area (Å²) < 4.78 is 1.51. The predicted octanol–water partition coefficient (Wildman–Crippen LogP) is 3.18. The lowest BCUT2D eigenvalue weighted by molar-refractivity contribution is -0.121. The maximum absolute atomic E-state index is 12.2. The van der Waals surface area contributed by atoms with Crippen LogP contribution in [0.2, 0.25) is 0 Å². The number of amides is 1. The van der Waals surface area contributed by atoms with Gasteiger partial charge in [0.2, 0.25) is 5.91 Å². The lowest BCUT2D eigenvalue weighted by Gasteiger charge is -2.14. The quantitative estimate of drug-likeness (QED) is 0.806. The van der Waals surface area contributed by atoms with Crippen molar-refractivity contribution in [3.63, 3.8) is 0 Å². The fourth-order valence-corrected chi connectivity index (χ4v) is 3.25. The number of carbonyl (C=O) groups excluding carboxylic acids is 1. The van der Waals surface area contributed by atoms with Crippen molar-refractivity contribution in [2.75, 3.05) is 0 Å². The van der Waals surface area contributed by atoms with Crippen LogP contribution in [0.1, 0.15) is 46.5 Å². The standard InChI is InChI=1S/C17H25N3O2S/c1-12(2)5-4-6-13(3)19-15(21)7-9-20-11-18-16-14(17(20)22)8-10-23-16/h8,10-13H,4-7,9H2,1-3H3,(H,19,21). The number of hydrogen-bond donors (Lipinski definition) is 1. The highest BCUT2D eigenvalue weighted by atomic mass is 32.1. The van der Waals surface area contributed by atoms with Crippen LogP contribution in [-0.4, -0.2) is 21.5 Å². The van der Waals surface area contributed by atoms with Crippen LogP contribution in [0.3, 0.4) is 0 Å². The molecule has 0 saturated heterocycles. The first kappa shape index (κ1) is 17.7. The molecule has 1 unspecified atom stereocenters. The summed E-state index contributed by atoms with van der Waals surface area (Å²) in [7, 11) is 0. The van der Waals surface area contributed by atoms with Gasteiger partial charge < -0.3 is 5.32 Å². The Kier molecular flexibility index (Phi) is 6.33. The summed E-state index contributed by atoms with van der Waals surface area (Å²) in [5.41, 5.74) is -0.0750. The Morgan fingerprint density at radius 3 is 2.87 bits per heavy atom. The van der Waals surface area contributed by atoms with E-state index in [1.807, 2.05) is 12.3 Å². The zero-order valence-corrected chi connectivity index (χ0v) is 14.9. The van der Waals surface area contributed by atoms with Crippen LogP contribution < -0.4 is 10.9 Å². The van der Waals surface area contributed by atoms with E-state index in [-0.39, 0.29) is 17.5 Å². The van der Waals surface area contributed by atoms with E-state index in [0.29, 0.717) is 24.3 Å². The Bertz CT molecular complexity index is 705. The van der Waals surface area contributed by atoms with Gasteiger partial charge in [0.05, 0.1) is 11.7 Å². The Hall–Kier alpha value is -1.69. The Morgan fingerprint density at radius 1 is 1.35 bits per heavy atom. The summed E-state index contributed by atoms with van der Waals surface area (Å²) in [6, 6.07) is 1.96. The molecule has 2 heterocycles. The Balaban J connectivity index is 1.81. The first-order valence-corrected chi connectivity index (χ1v) is 9.07. The molecule has 126 valence electrons. The van der Waals surface area contributed by atoms with E-state index in [0.717, 1.165) is 17.7 Å². The highest BCUT2D eigenvalue weighted by Gasteiger charge is 2.10. The number of thiophene rings is 1. The van der Waals surface area contributed by atoms with Gasteiger partial charge in [0, 0.05) is 19.0 Å². The minimum Gasteiger partial charge on any atom is -0.354 e. The minimum atomic E-state index is -0.0750. The number of fused-ring (bicyclic) bond motifs is 1. The maximum Gasteiger partial charge on any atom is 0.262 e. The fourth-order valence-electron chi connectivity index (χ4n) is 2.53. The number of carbonyl (C=O) groups is 1. The molecule has 0 spiro atoms. The number of rotatable bonds is 8. The highest BCUT2D eigenvalue weighted by Crippen LogP contribution is 2.13. The van der Waals surface area contributed by atoms with Crippen molar-refractivity contribution in [1.82, 2.24) is 14.9 Å². The minimum absolute atomic E-state index is 0.0145. The van der Waals surface area contributed by atoms with Crippen molar-refractivity contribution in [2.24, 2.45) is 5.92 Å². The molecular weight excluding hydrogens is 310 g/mol. The van der Waals surface area contributed by atoms with E-state index in [9.17, 15) is 9.59 Å². The smallest absolute Gasteiger partial charge is 0.262 e. The molecule has 0 aliphatic heterocycles. The van der Waals surface area contributed by atoms with Gasteiger partial charge in [-0.2, -0.15) is 0 Å². The average molecular weight is 335 g/mol. The molecule has 0 bridgehead atoms. The summed E-state index contributed by atoms with van der Waals surface area (Å²) in [4.78, 5) is 29.2. The van der Waals surface area contributed by atoms with Crippen LogP contribution >= 0.6 is 11.3 Å². The van der Waals surface area contributed by atoms with E-state index in [1.54, 1.807) is 6.07 Å². The molecule has 0 aliphatic rings. The molecule has 5 nitrogen and oxygen atoms in total. The molecule has 6 heteroatoms. The van der Waals surface area contributed by atoms with Gasteiger partial charge in [-0.25, -0.2) is 4.98 Å². The van der Waals surface area contributed by atoms with E-state index >= 15 is 0 Å². The molecule has 0 radical (unpaired) electrons. The lowest BCUT2D eigenvalue weighted by Crippen LogP contribution is -2.34. The number of hydrogen-bond acceptors (Lipinski definition) is 4. The van der Waals surface area contributed by atoms with Gasteiger partial charge in [0.15, 0.2) is 0 Å². The molecule has 1 amide bonds. The van der Waals surface area contributed by atoms with Crippen molar-refractivity contribution < 1.29 is 4.79 Å². The molecule has 0 aromatic carbocycles. The molecule has 2 rings (SSSR count). The van der Waals surface area contributed by atoms with E-state index in [2.05, 4.69) is 24.1 Å². The van der Waals surface area contributed by atoms with Gasteiger partial charge in [-0.1, -0.05) is 26.7 Å². The second-order valence-electron chi connectivity index (χ2n) is 6.43. The summed E-state index contributed by atoms with van der Waals surface area (Å²) in [6.07, 6.45) is 5.12. The summed E-state index contributed by atoms with van der Waals surface area (Å²) in [6.45, 7) is 6.81. The van der Waals surface area contributed by atoms with Crippen LogP contribution in [0.25, 0.3) is 10.2 Å². The van der Waals surface area contributed by atoms with Gasteiger partial charge in [0.25, 0.3) is 5.56 Å². The molecule has 1 atom stereocenters. The van der Waals surface area contributed by atoms with E-state index < -0.39 is 0 Å². The number of nitrogens with one attached hydrogen (secondary N) is 1. The molecule has 0 fully saturated rings. The number of nitrogens with zero attached hydrogens (tertiary/aromatic N) is 2. The van der Waals surface area contributed by atoms with Crippen LogP contribution in [0.5, 0.6) is 0 Å². The highest BCUT2D eigenvalue weighted by molar-refractivity contribution is 7.16. The lowest BCUT2D eigenvalue weighted by atomic mass is 10.0. The number of aromatic nitrogens is 2. The zero-order valence-electron chi connectivity index (χ0n) is 14.0. The molecular formula is C17H25N3O2S. The van der Waals surface area contributed by atoms with Gasteiger partial charge in [-0.15, -0.1) is 11.3 Å². The first-order chi connectivity index (χ1) is 11.0. The SMILES string of the molecule is CC(C)CCCC(C)NC(=O)CCn1cnc2sccc2c1=O. The van der Waals surface area contributed by atoms with Gasteiger partial charge in [-0.3, -0.25) is 14.2 Å². The average Bonchev–Trinajstić information content (AvgIpc) is 2.95. The van der Waals surface area contributed by atoms with Crippen LogP contribution in [0, 0.1) is 5.92 Å². The number of aryl methyl sites for hydroxylation is 1. The summed E-state index contributed by atoms with van der Waals surface area (Å²) in [5, 5.41) is 5.48. The maximum atomic E-state index is 12.2. The van der Waals surface area contributed by atoms with Crippen molar-refractivity contribution in [3.05, 3.63) is 28.1 Å². The van der Waals surface area contributed by atoms with Gasteiger partial charge in [0.1, 0.15) is 4.83 Å². The predicted molar refractivity (Wildman–Crippen MR) is 94.8 cm³/mol. The molecule has 0 aliphatic carbocycles. The zero-order chi connectivity index (χ0) is 16.8. The van der Waals surface area contributed by atoms with Gasteiger partial charge in [-0.05, 0) is 30.7 Å². The molecule has 0 saturated carbocycles. The summed E-state index contributed by atoms with van der Waals surface area (Å²) >= 11 is 1.45. The van der Waals surface area contributed by atoms with E-state index in [1.165, 1.54) is 28.7 Å². The third-order valence-corrected chi connectivity index (χ3v) is 4.68. The molecule has 23 heavy (non-hydrogen) atoms. The van der Waals surface area contributed by atoms with Crippen molar-refractivity contribution in [1.29, 1.82) is 0 Å². The normalized spacial score (nSPS) is 12.7.